The minimum atomic E-state index is -0.930. The average Bonchev–Trinajstić information content (AvgIpc) is 1.87. The van der Waals surface area contributed by atoms with Crippen LogP contribution in [0.25, 0.3) is 0 Å². The van der Waals surface area contributed by atoms with Gasteiger partial charge in [0.25, 0.3) is 0 Å². The number of nitrogens with one attached hydrogen (secondary N) is 1. The summed E-state index contributed by atoms with van der Waals surface area (Å²) >= 11 is 0. The zero-order valence-corrected chi connectivity index (χ0v) is 6.26. The molecule has 0 aliphatic heterocycles. The number of carbonyl (C=O) groups is 1. The Morgan fingerprint density at radius 1 is 1.60 bits per heavy atom. The van der Waals surface area contributed by atoms with Gasteiger partial charge in [-0.05, 0) is 12.8 Å². The second kappa shape index (κ2) is 6.39. The van der Waals surface area contributed by atoms with Gasteiger partial charge in [0.1, 0.15) is 0 Å². The van der Waals surface area contributed by atoms with E-state index in [2.05, 4.69) is 11.7 Å². The topological polar surface area (TPSA) is 49.3 Å². The van der Waals surface area contributed by atoms with Crippen LogP contribution < -0.4 is 5.32 Å². The van der Waals surface area contributed by atoms with Crippen LogP contribution in [0.4, 0.5) is 4.79 Å². The molecule has 0 aromatic carbocycles. The Morgan fingerprint density at radius 3 is 2.80 bits per heavy atom. The maximum atomic E-state index is 9.91. The number of amides is 1. The Kier molecular flexibility index (Phi) is 5.92. The molecule has 0 heterocycles. The summed E-state index contributed by atoms with van der Waals surface area (Å²) in [6, 6.07) is 0. The molecule has 0 aromatic heterocycles. The van der Waals surface area contributed by atoms with Crippen molar-refractivity contribution in [1.29, 1.82) is 0 Å². The third-order valence-electron chi connectivity index (χ3n) is 1.20. The van der Waals surface area contributed by atoms with Crippen LogP contribution in [0.3, 0.4) is 0 Å². The predicted molar refractivity (Wildman–Crippen MR) is 39.9 cm³/mol. The normalized spacial score (nSPS) is 9.30. The van der Waals surface area contributed by atoms with Crippen molar-refractivity contribution in [3.05, 3.63) is 6.42 Å². The molecule has 0 bridgehead atoms. The van der Waals surface area contributed by atoms with Crippen molar-refractivity contribution < 1.29 is 9.90 Å². The molecule has 0 aromatic rings. The Hall–Kier alpha value is -0.730. The van der Waals surface area contributed by atoms with Crippen molar-refractivity contribution in [2.75, 3.05) is 6.54 Å². The van der Waals surface area contributed by atoms with E-state index < -0.39 is 6.09 Å². The van der Waals surface area contributed by atoms with Gasteiger partial charge in [0.2, 0.25) is 0 Å². The lowest BCUT2D eigenvalue weighted by atomic mass is 10.2. The molecule has 0 aliphatic rings. The molecule has 0 spiro atoms. The smallest absolute Gasteiger partial charge is 0.404 e. The van der Waals surface area contributed by atoms with Gasteiger partial charge in [-0.3, -0.25) is 0 Å². The van der Waals surface area contributed by atoms with Crippen LogP contribution in [0, 0.1) is 6.42 Å². The van der Waals surface area contributed by atoms with E-state index in [-0.39, 0.29) is 0 Å². The van der Waals surface area contributed by atoms with Gasteiger partial charge in [-0.25, -0.2) is 4.79 Å². The molecule has 3 heteroatoms. The highest BCUT2D eigenvalue weighted by Crippen LogP contribution is 1.95. The first-order valence-electron chi connectivity index (χ1n) is 3.52. The summed E-state index contributed by atoms with van der Waals surface area (Å²) in [4.78, 5) is 9.91. The summed E-state index contributed by atoms with van der Waals surface area (Å²) in [6.45, 7) is 2.58. The molecular formula is C7H14NO2. The molecule has 10 heavy (non-hydrogen) atoms. The number of hydrogen-bond donors (Lipinski definition) is 2. The van der Waals surface area contributed by atoms with Crippen LogP contribution in [0.1, 0.15) is 26.2 Å². The number of rotatable bonds is 5. The van der Waals surface area contributed by atoms with Crippen molar-refractivity contribution in [2.24, 2.45) is 0 Å². The third-order valence-corrected chi connectivity index (χ3v) is 1.20. The van der Waals surface area contributed by atoms with Crippen molar-refractivity contribution in [3.8, 4) is 0 Å². The molecule has 0 saturated carbocycles. The maximum Gasteiger partial charge on any atom is 0.404 e. The van der Waals surface area contributed by atoms with Gasteiger partial charge in [-0.2, -0.15) is 0 Å². The second-order valence-electron chi connectivity index (χ2n) is 2.14. The van der Waals surface area contributed by atoms with Crippen molar-refractivity contribution in [3.63, 3.8) is 0 Å². The molecule has 59 valence electrons. The summed E-state index contributed by atoms with van der Waals surface area (Å²) in [5, 5.41) is 10.5. The van der Waals surface area contributed by atoms with Gasteiger partial charge < -0.3 is 10.4 Å². The monoisotopic (exact) mass is 144 g/mol. The zero-order valence-electron chi connectivity index (χ0n) is 6.26. The fourth-order valence-corrected chi connectivity index (χ4v) is 0.669. The lowest BCUT2D eigenvalue weighted by Crippen LogP contribution is -2.21. The minimum absolute atomic E-state index is 0.573. The average molecular weight is 144 g/mol. The first-order chi connectivity index (χ1) is 4.77. The fourth-order valence-electron chi connectivity index (χ4n) is 0.669. The molecule has 0 atom stereocenters. The van der Waals surface area contributed by atoms with Crippen LogP contribution in [0.5, 0.6) is 0 Å². The van der Waals surface area contributed by atoms with Gasteiger partial charge >= 0.3 is 6.09 Å². The summed E-state index contributed by atoms with van der Waals surface area (Å²) < 4.78 is 0. The highest BCUT2D eigenvalue weighted by Gasteiger charge is 1.91. The number of hydrogen-bond acceptors (Lipinski definition) is 1. The van der Waals surface area contributed by atoms with Gasteiger partial charge in [0, 0.05) is 6.54 Å². The Morgan fingerprint density at radius 2 is 2.30 bits per heavy atom. The van der Waals surface area contributed by atoms with Crippen LogP contribution in [0.2, 0.25) is 0 Å². The van der Waals surface area contributed by atoms with Gasteiger partial charge in [0.15, 0.2) is 0 Å². The van der Waals surface area contributed by atoms with E-state index in [9.17, 15) is 4.79 Å². The quantitative estimate of drug-likeness (QED) is 0.576. The molecule has 0 rings (SSSR count). The Balaban J connectivity index is 2.84. The molecule has 0 fully saturated rings. The lowest BCUT2D eigenvalue weighted by molar-refractivity contribution is 0.194. The molecule has 1 amide bonds. The second-order valence-corrected chi connectivity index (χ2v) is 2.14. The summed E-state index contributed by atoms with van der Waals surface area (Å²) in [6.07, 6.45) is 4.22. The zero-order chi connectivity index (χ0) is 7.82. The predicted octanol–water partition coefficient (Wildman–Crippen LogP) is 1.65. The molecule has 2 N–H and O–H groups in total. The van der Waals surface area contributed by atoms with Crippen LogP contribution in [-0.4, -0.2) is 17.7 Å². The van der Waals surface area contributed by atoms with E-state index >= 15 is 0 Å². The first kappa shape index (κ1) is 9.27. The van der Waals surface area contributed by atoms with Crippen molar-refractivity contribution >= 4 is 6.09 Å². The fraction of sp³-hybridized carbons (Fsp3) is 0.714. The van der Waals surface area contributed by atoms with E-state index in [1.807, 2.05) is 6.92 Å². The van der Waals surface area contributed by atoms with E-state index in [0.29, 0.717) is 6.54 Å². The van der Waals surface area contributed by atoms with Gasteiger partial charge in [-0.1, -0.05) is 19.8 Å². The van der Waals surface area contributed by atoms with Crippen LogP contribution in [-0.2, 0) is 0 Å². The third kappa shape index (κ3) is 7.27. The van der Waals surface area contributed by atoms with E-state index in [4.69, 9.17) is 5.11 Å². The van der Waals surface area contributed by atoms with Crippen molar-refractivity contribution in [1.82, 2.24) is 5.32 Å². The number of unbranched alkanes of at least 4 members (excludes halogenated alkanes) is 3. The van der Waals surface area contributed by atoms with E-state index in [1.165, 1.54) is 0 Å². The standard InChI is InChI=1S/C7H14NO2/c1-2-3-4-5-6-8-7(9)10/h2,8H,3-6H2,1H3,(H,9,10). The van der Waals surface area contributed by atoms with Crippen molar-refractivity contribution in [2.45, 2.75) is 26.2 Å². The molecule has 0 unspecified atom stereocenters. The summed E-state index contributed by atoms with van der Waals surface area (Å²) in [7, 11) is 0. The lowest BCUT2D eigenvalue weighted by Gasteiger charge is -1.98. The summed E-state index contributed by atoms with van der Waals surface area (Å²) in [5.74, 6) is 0. The van der Waals surface area contributed by atoms with Gasteiger partial charge in [-0.15, -0.1) is 0 Å². The Labute approximate surface area is 61.4 Å². The highest BCUT2D eigenvalue weighted by atomic mass is 16.4. The van der Waals surface area contributed by atoms with Crippen LogP contribution in [0.15, 0.2) is 0 Å². The minimum Gasteiger partial charge on any atom is -0.465 e. The largest absolute Gasteiger partial charge is 0.465 e. The first-order valence-corrected chi connectivity index (χ1v) is 3.52. The van der Waals surface area contributed by atoms with E-state index in [0.717, 1.165) is 19.3 Å². The number of carboxylic acid groups (broad SMARTS) is 1. The molecular weight excluding hydrogens is 130 g/mol. The highest BCUT2D eigenvalue weighted by molar-refractivity contribution is 5.64. The SMILES string of the molecule is C[CH]CCCCNC(=O)O. The molecule has 3 nitrogen and oxygen atoms in total. The molecule has 0 saturated heterocycles. The van der Waals surface area contributed by atoms with Crippen LogP contribution >= 0.6 is 0 Å². The van der Waals surface area contributed by atoms with E-state index in [1.54, 1.807) is 0 Å². The Bertz CT molecular complexity index is 93.6. The summed E-state index contributed by atoms with van der Waals surface area (Å²) in [5.41, 5.74) is 0. The molecule has 0 aliphatic carbocycles. The molecule has 1 radical (unpaired) electrons. The van der Waals surface area contributed by atoms with Gasteiger partial charge in [0.05, 0.1) is 0 Å². The maximum absolute atomic E-state index is 9.91.